The normalized spacial score (nSPS) is 16.4. The topological polar surface area (TPSA) is 117 Å². The molecule has 9 nitrogen and oxygen atoms in total. The number of β-amino-alcohol motifs (C(OH)–C–C–N with tert-alkyl or cyclic N) is 2. The summed E-state index contributed by atoms with van der Waals surface area (Å²) in [5.74, 6) is -0.767. The van der Waals surface area contributed by atoms with Crippen LogP contribution in [0, 0.1) is 0 Å². The molecule has 316 valence electrons. The summed E-state index contributed by atoms with van der Waals surface area (Å²) in [5.41, 5.74) is 0. The number of allylic oxidation sites excluding steroid dienone is 8. The van der Waals surface area contributed by atoms with Gasteiger partial charge in [0.15, 0.2) is 0 Å². The smallest absolute Gasteiger partial charge is 0.305 e. The largest absolute Gasteiger partial charge is 0.464 e. The molecule has 0 aromatic carbocycles. The maximum atomic E-state index is 13.1. The maximum Gasteiger partial charge on any atom is 0.305 e. The molecule has 1 amide bonds. The van der Waals surface area contributed by atoms with Gasteiger partial charge in [-0.3, -0.25) is 19.3 Å². The predicted octanol–water partition coefficient (Wildman–Crippen LogP) is 9.57. The van der Waals surface area contributed by atoms with Gasteiger partial charge in [0.2, 0.25) is 5.91 Å². The zero-order valence-corrected chi connectivity index (χ0v) is 35.0. The van der Waals surface area contributed by atoms with E-state index in [1.807, 2.05) is 0 Å². The van der Waals surface area contributed by atoms with Crippen molar-refractivity contribution in [2.24, 2.45) is 0 Å². The summed E-state index contributed by atoms with van der Waals surface area (Å²) >= 11 is 0. The molecule has 0 bridgehead atoms. The molecule has 1 aliphatic heterocycles. The first-order valence-corrected chi connectivity index (χ1v) is 22.1. The number of nitrogens with zero attached hydrogens (tertiary/aromatic N) is 2. The fourth-order valence-corrected chi connectivity index (χ4v) is 6.47. The van der Waals surface area contributed by atoms with E-state index in [9.17, 15) is 24.6 Å². The number of aliphatic hydroxyl groups is 2. The molecule has 2 N–H and O–H groups in total. The Morgan fingerprint density at radius 1 is 0.545 bits per heavy atom. The highest BCUT2D eigenvalue weighted by molar-refractivity contribution is 5.78. The molecule has 1 rings (SSSR count). The molecule has 1 aliphatic rings. The third-order valence-electron chi connectivity index (χ3n) is 9.96. The van der Waals surface area contributed by atoms with E-state index in [2.05, 4.69) is 62.5 Å². The molecule has 0 spiro atoms. The van der Waals surface area contributed by atoms with Crippen molar-refractivity contribution in [1.82, 2.24) is 9.80 Å². The van der Waals surface area contributed by atoms with Gasteiger partial charge in [-0.15, -0.1) is 0 Å². The van der Waals surface area contributed by atoms with Gasteiger partial charge in [0, 0.05) is 25.9 Å². The second-order valence-corrected chi connectivity index (χ2v) is 15.1. The molecular weight excluding hydrogens is 693 g/mol. The van der Waals surface area contributed by atoms with Crippen LogP contribution in [0.4, 0.5) is 0 Å². The lowest BCUT2D eigenvalue weighted by Gasteiger charge is -2.25. The minimum Gasteiger partial charge on any atom is -0.464 e. The number of rotatable bonds is 36. The number of aliphatic hydroxyl groups excluding tert-OH is 2. The summed E-state index contributed by atoms with van der Waals surface area (Å²) in [7, 11) is 0. The Hall–Kier alpha value is -2.75. The van der Waals surface area contributed by atoms with E-state index in [-0.39, 0.29) is 63.8 Å². The molecule has 0 unspecified atom stereocenters. The molecule has 0 aromatic heterocycles. The van der Waals surface area contributed by atoms with Gasteiger partial charge in [-0.2, -0.15) is 0 Å². The highest BCUT2D eigenvalue weighted by Gasteiger charge is 2.31. The Morgan fingerprint density at radius 3 is 1.31 bits per heavy atom. The van der Waals surface area contributed by atoms with Gasteiger partial charge in [-0.25, -0.2) is 0 Å². The summed E-state index contributed by atoms with van der Waals surface area (Å²) in [6.45, 7) is 5.42. The lowest BCUT2D eigenvalue weighted by molar-refractivity contribution is -0.148. The molecule has 9 heteroatoms. The van der Waals surface area contributed by atoms with Gasteiger partial charge < -0.3 is 24.6 Å². The maximum absolute atomic E-state index is 13.1. The standard InChI is InChI=1S/C46H80N2O7/c1-3-5-7-9-11-13-15-17-19-21-23-25-27-29-31-33-45(52)54-37-35-48(44(51)41-47-39-42(49)43(50)40-47)36-38-55-46(53)34-32-30-28-26-24-22-20-18-16-14-12-10-8-6-4-2/h11-14,17-20,42-43,49-50H,3-10,15-16,21-41H2,1-2H3/b13-11-,14-12-,19-17-,20-18-/t42-,43+. The molecule has 1 heterocycles. The van der Waals surface area contributed by atoms with Crippen LogP contribution in [0.5, 0.6) is 0 Å². The summed E-state index contributed by atoms with van der Waals surface area (Å²) in [6, 6.07) is 0. The molecule has 0 aromatic rings. The number of unbranched alkanes of at least 4 members (excludes halogenated alkanes) is 16. The summed E-state index contributed by atoms with van der Waals surface area (Å²) in [5, 5.41) is 19.8. The van der Waals surface area contributed by atoms with E-state index in [4.69, 9.17) is 9.47 Å². The van der Waals surface area contributed by atoms with Crippen molar-refractivity contribution in [1.29, 1.82) is 0 Å². The minimum absolute atomic E-state index is 0.0218. The molecule has 1 saturated heterocycles. The Balaban J connectivity index is 2.23. The van der Waals surface area contributed by atoms with Crippen molar-refractivity contribution in [3.63, 3.8) is 0 Å². The SMILES string of the molecule is CCCCC/C=C\C/C=C\CCCCCCCC(=O)OCCN(CCOC(=O)CCCCCCC/C=C\C/C=C\CCCCC)C(=O)CN1C[C@@H](O)[C@@H](O)C1. The molecular formula is C46H80N2O7. The molecule has 2 atom stereocenters. The number of esters is 2. The highest BCUT2D eigenvalue weighted by Crippen LogP contribution is 2.12. The lowest BCUT2D eigenvalue weighted by atomic mass is 10.1. The van der Waals surface area contributed by atoms with Crippen LogP contribution in [0.25, 0.3) is 0 Å². The number of ether oxygens (including phenoxy) is 2. The van der Waals surface area contributed by atoms with E-state index >= 15 is 0 Å². The van der Waals surface area contributed by atoms with E-state index in [0.717, 1.165) is 89.9 Å². The molecule has 0 saturated carbocycles. The van der Waals surface area contributed by atoms with Gasteiger partial charge >= 0.3 is 11.9 Å². The average molecular weight is 773 g/mol. The Bertz CT molecular complexity index is 998. The fraction of sp³-hybridized carbons (Fsp3) is 0.761. The van der Waals surface area contributed by atoms with Crippen molar-refractivity contribution < 1.29 is 34.1 Å². The molecule has 1 fully saturated rings. The second kappa shape index (κ2) is 36.9. The average Bonchev–Trinajstić information content (AvgIpc) is 3.49. The van der Waals surface area contributed by atoms with E-state index < -0.39 is 12.2 Å². The third kappa shape index (κ3) is 31.1. The summed E-state index contributed by atoms with van der Waals surface area (Å²) in [6.07, 6.45) is 41.7. The quantitative estimate of drug-likeness (QED) is 0.0368. The molecule has 0 aliphatic carbocycles. The second-order valence-electron chi connectivity index (χ2n) is 15.1. The number of hydrogen-bond donors (Lipinski definition) is 2. The number of likely N-dealkylation sites (tertiary alicyclic amines) is 1. The zero-order valence-electron chi connectivity index (χ0n) is 35.0. The van der Waals surface area contributed by atoms with Crippen LogP contribution >= 0.6 is 0 Å². The summed E-state index contributed by atoms with van der Waals surface area (Å²) < 4.78 is 10.9. The first kappa shape index (κ1) is 50.3. The van der Waals surface area contributed by atoms with Crippen LogP contribution in [0.1, 0.15) is 168 Å². The minimum atomic E-state index is -0.883. The number of carbonyl (C=O) groups is 3. The van der Waals surface area contributed by atoms with Gasteiger partial charge in [0.05, 0.1) is 31.8 Å². The van der Waals surface area contributed by atoms with Gasteiger partial charge in [-0.05, 0) is 77.0 Å². The zero-order chi connectivity index (χ0) is 40.0. The van der Waals surface area contributed by atoms with Crippen LogP contribution in [0.2, 0.25) is 0 Å². The van der Waals surface area contributed by atoms with Crippen molar-refractivity contribution in [2.75, 3.05) is 45.9 Å². The van der Waals surface area contributed by atoms with Gasteiger partial charge in [0.1, 0.15) is 13.2 Å². The number of amides is 1. The van der Waals surface area contributed by atoms with E-state index in [1.54, 1.807) is 4.90 Å². The van der Waals surface area contributed by atoms with E-state index in [0.29, 0.717) is 12.8 Å². The van der Waals surface area contributed by atoms with Gasteiger partial charge in [-0.1, -0.05) is 127 Å². The van der Waals surface area contributed by atoms with Crippen LogP contribution in [-0.4, -0.2) is 96.0 Å². The Labute approximate surface area is 335 Å². The fourth-order valence-electron chi connectivity index (χ4n) is 6.47. The van der Waals surface area contributed by atoms with E-state index in [1.165, 1.54) is 56.3 Å². The number of hydrogen-bond acceptors (Lipinski definition) is 8. The van der Waals surface area contributed by atoms with Crippen molar-refractivity contribution in [3.8, 4) is 0 Å². The highest BCUT2D eigenvalue weighted by atomic mass is 16.5. The van der Waals surface area contributed by atoms with Gasteiger partial charge in [0.25, 0.3) is 0 Å². The van der Waals surface area contributed by atoms with Crippen molar-refractivity contribution in [3.05, 3.63) is 48.6 Å². The van der Waals surface area contributed by atoms with Crippen molar-refractivity contribution >= 4 is 17.8 Å². The lowest BCUT2D eigenvalue weighted by Crippen LogP contribution is -2.43. The third-order valence-corrected chi connectivity index (χ3v) is 9.96. The predicted molar refractivity (Wildman–Crippen MR) is 226 cm³/mol. The van der Waals surface area contributed by atoms with Crippen LogP contribution < -0.4 is 0 Å². The Kier molecular flexibility index (Phi) is 33.7. The monoisotopic (exact) mass is 773 g/mol. The number of carbonyl (C=O) groups excluding carboxylic acids is 3. The molecule has 0 radical (unpaired) electrons. The van der Waals surface area contributed by atoms with Crippen molar-refractivity contribution in [2.45, 2.75) is 180 Å². The van der Waals surface area contributed by atoms with Crippen LogP contribution in [0.15, 0.2) is 48.6 Å². The first-order chi connectivity index (χ1) is 26.9. The first-order valence-electron chi connectivity index (χ1n) is 22.1. The van der Waals surface area contributed by atoms with Crippen LogP contribution in [0.3, 0.4) is 0 Å². The Morgan fingerprint density at radius 2 is 0.909 bits per heavy atom. The molecule has 55 heavy (non-hydrogen) atoms. The van der Waals surface area contributed by atoms with Crippen LogP contribution in [-0.2, 0) is 23.9 Å². The summed E-state index contributed by atoms with van der Waals surface area (Å²) in [4.78, 5) is 41.2.